The maximum atomic E-state index is 11.1. The van der Waals surface area contributed by atoms with Gasteiger partial charge in [-0.1, -0.05) is 36.2 Å². The molecular weight excluding hydrogens is 259 g/mol. The summed E-state index contributed by atoms with van der Waals surface area (Å²) < 4.78 is 0. The van der Waals surface area contributed by atoms with E-state index in [2.05, 4.69) is 5.32 Å². The molecule has 0 aliphatic heterocycles. The van der Waals surface area contributed by atoms with Gasteiger partial charge >= 0.3 is 0 Å². The molecule has 5 heteroatoms. The molecule has 94 valence electrons. The quantitative estimate of drug-likeness (QED) is 0.868. The van der Waals surface area contributed by atoms with Crippen molar-refractivity contribution in [3.63, 3.8) is 0 Å². The summed E-state index contributed by atoms with van der Waals surface area (Å²) in [5, 5.41) is 4.18. The first-order valence-electron chi connectivity index (χ1n) is 5.46. The number of amides is 1. The third-order valence-corrected chi connectivity index (χ3v) is 3.39. The van der Waals surface area contributed by atoms with E-state index >= 15 is 0 Å². The van der Waals surface area contributed by atoms with Crippen molar-refractivity contribution in [3.8, 4) is 0 Å². The van der Waals surface area contributed by atoms with Gasteiger partial charge in [-0.25, -0.2) is 0 Å². The number of carbonyl (C=O) groups is 1. The summed E-state index contributed by atoms with van der Waals surface area (Å²) in [6.07, 6.45) is 0.654. The highest BCUT2D eigenvalue weighted by Crippen LogP contribution is 2.25. The molecule has 0 spiro atoms. The molecule has 0 fully saturated rings. The van der Waals surface area contributed by atoms with Gasteiger partial charge in [-0.05, 0) is 31.0 Å². The molecule has 0 unspecified atom stereocenters. The van der Waals surface area contributed by atoms with E-state index in [1.807, 2.05) is 19.9 Å². The Balaban J connectivity index is 2.78. The number of rotatable bonds is 5. The van der Waals surface area contributed by atoms with E-state index < -0.39 is 0 Å². The Morgan fingerprint density at radius 1 is 1.41 bits per heavy atom. The first kappa shape index (κ1) is 14.3. The SMILES string of the molecule is CC[C@@H](N[C@H](C)c1ccc(Cl)c(Cl)c1)C(N)=O. The van der Waals surface area contributed by atoms with E-state index in [1.54, 1.807) is 12.1 Å². The zero-order valence-electron chi connectivity index (χ0n) is 9.84. The van der Waals surface area contributed by atoms with Crippen molar-refractivity contribution in [2.45, 2.75) is 32.4 Å². The largest absolute Gasteiger partial charge is 0.368 e. The first-order valence-corrected chi connectivity index (χ1v) is 6.21. The average Bonchev–Trinajstić information content (AvgIpc) is 2.28. The second-order valence-electron chi connectivity index (χ2n) is 3.93. The highest BCUT2D eigenvalue weighted by molar-refractivity contribution is 6.42. The fraction of sp³-hybridized carbons (Fsp3) is 0.417. The second kappa shape index (κ2) is 6.24. The van der Waals surface area contributed by atoms with Crippen LogP contribution >= 0.6 is 23.2 Å². The standard InChI is InChI=1S/C12H16Cl2N2O/c1-3-11(12(15)17)16-7(2)8-4-5-9(13)10(14)6-8/h4-7,11,16H,3H2,1-2H3,(H2,15,17)/t7-,11-/m1/s1. The van der Waals surface area contributed by atoms with Crippen molar-refractivity contribution in [2.24, 2.45) is 5.73 Å². The van der Waals surface area contributed by atoms with E-state index in [0.29, 0.717) is 16.5 Å². The molecule has 1 aromatic carbocycles. The lowest BCUT2D eigenvalue weighted by Gasteiger charge is -2.20. The van der Waals surface area contributed by atoms with Crippen molar-refractivity contribution < 1.29 is 4.79 Å². The third-order valence-electron chi connectivity index (χ3n) is 2.65. The smallest absolute Gasteiger partial charge is 0.234 e. The van der Waals surface area contributed by atoms with Gasteiger partial charge in [0.15, 0.2) is 0 Å². The monoisotopic (exact) mass is 274 g/mol. The Labute approximate surface area is 111 Å². The topological polar surface area (TPSA) is 55.1 Å². The summed E-state index contributed by atoms with van der Waals surface area (Å²) in [6, 6.07) is 5.05. The van der Waals surface area contributed by atoms with Crippen LogP contribution in [-0.2, 0) is 4.79 Å². The van der Waals surface area contributed by atoms with Gasteiger partial charge in [0.1, 0.15) is 0 Å². The van der Waals surface area contributed by atoms with Crippen LogP contribution in [0.5, 0.6) is 0 Å². The van der Waals surface area contributed by atoms with Gasteiger partial charge in [0.2, 0.25) is 5.91 Å². The van der Waals surface area contributed by atoms with Gasteiger partial charge in [0.25, 0.3) is 0 Å². The number of carbonyl (C=O) groups excluding carboxylic acids is 1. The van der Waals surface area contributed by atoms with Crippen LogP contribution in [0.25, 0.3) is 0 Å². The fourth-order valence-electron chi connectivity index (χ4n) is 1.58. The van der Waals surface area contributed by atoms with E-state index in [-0.39, 0.29) is 18.0 Å². The molecule has 3 nitrogen and oxygen atoms in total. The Morgan fingerprint density at radius 2 is 2.06 bits per heavy atom. The first-order chi connectivity index (χ1) is 7.95. The van der Waals surface area contributed by atoms with Crippen LogP contribution in [0, 0.1) is 0 Å². The second-order valence-corrected chi connectivity index (χ2v) is 4.74. The molecular formula is C12H16Cl2N2O. The van der Waals surface area contributed by atoms with Crippen LogP contribution in [0.4, 0.5) is 0 Å². The zero-order chi connectivity index (χ0) is 13.0. The molecule has 2 atom stereocenters. The van der Waals surface area contributed by atoms with Crippen molar-refractivity contribution >= 4 is 29.1 Å². The zero-order valence-corrected chi connectivity index (χ0v) is 11.3. The van der Waals surface area contributed by atoms with Crippen molar-refractivity contribution in [3.05, 3.63) is 33.8 Å². The van der Waals surface area contributed by atoms with Crippen LogP contribution in [0.1, 0.15) is 31.9 Å². The number of hydrogen-bond donors (Lipinski definition) is 2. The Bertz CT molecular complexity index is 409. The molecule has 1 amide bonds. The third kappa shape index (κ3) is 3.87. The Morgan fingerprint density at radius 3 is 2.53 bits per heavy atom. The number of nitrogens with two attached hydrogens (primary N) is 1. The number of primary amides is 1. The van der Waals surface area contributed by atoms with Crippen molar-refractivity contribution in [1.29, 1.82) is 0 Å². The van der Waals surface area contributed by atoms with Crippen LogP contribution in [0.2, 0.25) is 10.0 Å². The highest BCUT2D eigenvalue weighted by Gasteiger charge is 2.16. The molecule has 17 heavy (non-hydrogen) atoms. The summed E-state index contributed by atoms with van der Waals surface area (Å²) in [6.45, 7) is 3.86. The predicted octanol–water partition coefficient (Wildman–Crippen LogP) is 2.91. The molecule has 1 rings (SSSR count). The fourth-order valence-corrected chi connectivity index (χ4v) is 1.89. The molecule has 0 saturated heterocycles. The number of halogens is 2. The maximum absolute atomic E-state index is 11.1. The lowest BCUT2D eigenvalue weighted by atomic mass is 10.1. The van der Waals surface area contributed by atoms with Gasteiger partial charge in [-0.3, -0.25) is 10.1 Å². The van der Waals surface area contributed by atoms with E-state index in [1.165, 1.54) is 0 Å². The predicted molar refractivity (Wildman–Crippen MR) is 71.3 cm³/mol. The molecule has 0 saturated carbocycles. The average molecular weight is 275 g/mol. The van der Waals surface area contributed by atoms with Crippen LogP contribution < -0.4 is 11.1 Å². The molecule has 0 aliphatic rings. The van der Waals surface area contributed by atoms with Gasteiger partial charge in [0.05, 0.1) is 16.1 Å². The Kier molecular flexibility index (Phi) is 5.25. The highest BCUT2D eigenvalue weighted by atomic mass is 35.5. The van der Waals surface area contributed by atoms with Gasteiger partial charge < -0.3 is 5.73 Å². The molecule has 0 bridgehead atoms. The Hall–Kier alpha value is -0.770. The normalized spacial score (nSPS) is 14.4. The van der Waals surface area contributed by atoms with Crippen molar-refractivity contribution in [1.82, 2.24) is 5.32 Å². The summed E-state index contributed by atoms with van der Waals surface area (Å²) in [7, 11) is 0. The summed E-state index contributed by atoms with van der Waals surface area (Å²) >= 11 is 11.8. The summed E-state index contributed by atoms with van der Waals surface area (Å²) in [5.74, 6) is -0.348. The van der Waals surface area contributed by atoms with E-state index in [0.717, 1.165) is 5.56 Å². The van der Waals surface area contributed by atoms with Crippen LogP contribution in [0.15, 0.2) is 18.2 Å². The summed E-state index contributed by atoms with van der Waals surface area (Å²) in [5.41, 5.74) is 6.25. The summed E-state index contributed by atoms with van der Waals surface area (Å²) in [4.78, 5) is 11.1. The number of nitrogens with one attached hydrogen (secondary N) is 1. The minimum atomic E-state index is -0.348. The molecule has 0 aliphatic carbocycles. The van der Waals surface area contributed by atoms with Gasteiger partial charge in [-0.15, -0.1) is 0 Å². The molecule has 0 aromatic heterocycles. The molecule has 1 aromatic rings. The number of hydrogen-bond acceptors (Lipinski definition) is 2. The molecule has 3 N–H and O–H groups in total. The molecule has 0 heterocycles. The lowest BCUT2D eigenvalue weighted by molar-refractivity contribution is -0.120. The van der Waals surface area contributed by atoms with Gasteiger partial charge in [-0.2, -0.15) is 0 Å². The minimum absolute atomic E-state index is 0.0118. The van der Waals surface area contributed by atoms with Crippen LogP contribution in [-0.4, -0.2) is 11.9 Å². The maximum Gasteiger partial charge on any atom is 0.234 e. The van der Waals surface area contributed by atoms with E-state index in [9.17, 15) is 4.79 Å². The van der Waals surface area contributed by atoms with E-state index in [4.69, 9.17) is 28.9 Å². The number of benzene rings is 1. The van der Waals surface area contributed by atoms with Crippen molar-refractivity contribution in [2.75, 3.05) is 0 Å². The van der Waals surface area contributed by atoms with Gasteiger partial charge in [0, 0.05) is 6.04 Å². The van der Waals surface area contributed by atoms with Crippen LogP contribution in [0.3, 0.4) is 0 Å². The molecule has 0 radical (unpaired) electrons. The lowest BCUT2D eigenvalue weighted by Crippen LogP contribution is -2.41. The minimum Gasteiger partial charge on any atom is -0.368 e.